The number of nitrogens with zero attached hydrogens (tertiary/aromatic N) is 5. The molecule has 1 saturated heterocycles. The summed E-state index contributed by atoms with van der Waals surface area (Å²) in [6.45, 7) is 3.38. The molecule has 0 radical (unpaired) electrons. The standard InChI is InChI=1S/C27H25F4N7O4/c1-13-12-42-19(11-38(13)26(41)14(2)39)24-36-21(22-23(32)34-7-8-37(22)24)17-4-3-15(9-18(17)28)25(40)35-20-10-16(5-6-33-20)27(29,30)31/h3-10,13-14,19,39H,11-12H2,1-2H3,(H2,32,34)(H,33,35,40)/t13-,14+,19-/m1/s1. The lowest BCUT2D eigenvalue weighted by Crippen LogP contribution is -2.51. The third-order valence-corrected chi connectivity index (χ3v) is 6.79. The third kappa shape index (κ3) is 5.47. The molecule has 11 nitrogen and oxygen atoms in total. The molecule has 1 fully saturated rings. The average Bonchev–Trinajstić information content (AvgIpc) is 3.33. The summed E-state index contributed by atoms with van der Waals surface area (Å²) in [5, 5.41) is 12.1. The van der Waals surface area contributed by atoms with Crippen LogP contribution in [0.4, 0.5) is 29.2 Å². The highest BCUT2D eigenvalue weighted by Gasteiger charge is 2.35. The molecule has 4 N–H and O–H groups in total. The minimum Gasteiger partial charge on any atom is -0.384 e. The first-order chi connectivity index (χ1) is 19.8. The van der Waals surface area contributed by atoms with E-state index < -0.39 is 41.6 Å². The molecule has 0 aliphatic carbocycles. The van der Waals surface area contributed by atoms with Crippen molar-refractivity contribution in [2.75, 3.05) is 24.2 Å². The van der Waals surface area contributed by atoms with Crippen LogP contribution in [0.5, 0.6) is 0 Å². The fourth-order valence-electron chi connectivity index (χ4n) is 4.67. The van der Waals surface area contributed by atoms with Crippen LogP contribution in [0.15, 0.2) is 48.9 Å². The van der Waals surface area contributed by atoms with Gasteiger partial charge in [-0.3, -0.25) is 14.0 Å². The number of morpholine rings is 1. The second kappa shape index (κ2) is 11.0. The number of ether oxygens (including phenoxy) is 1. The minimum absolute atomic E-state index is 0.0316. The molecule has 3 aromatic heterocycles. The molecule has 0 bridgehead atoms. The van der Waals surface area contributed by atoms with Crippen molar-refractivity contribution >= 4 is 29.0 Å². The number of anilines is 2. The number of carbonyl (C=O) groups is 2. The first-order valence-corrected chi connectivity index (χ1v) is 12.7. The van der Waals surface area contributed by atoms with Crippen molar-refractivity contribution in [1.29, 1.82) is 0 Å². The molecule has 5 rings (SSSR count). The highest BCUT2D eigenvalue weighted by atomic mass is 19.4. The maximum absolute atomic E-state index is 15.5. The van der Waals surface area contributed by atoms with Crippen molar-refractivity contribution in [3.8, 4) is 11.3 Å². The summed E-state index contributed by atoms with van der Waals surface area (Å²) in [7, 11) is 0. The molecule has 3 atom stereocenters. The lowest BCUT2D eigenvalue weighted by atomic mass is 10.1. The lowest BCUT2D eigenvalue weighted by Gasteiger charge is -2.38. The number of fused-ring (bicyclic) bond motifs is 1. The van der Waals surface area contributed by atoms with Crippen molar-refractivity contribution in [2.45, 2.75) is 38.3 Å². The van der Waals surface area contributed by atoms with Gasteiger partial charge in [-0.1, -0.05) is 0 Å². The van der Waals surface area contributed by atoms with Gasteiger partial charge < -0.3 is 25.8 Å². The van der Waals surface area contributed by atoms with Crippen molar-refractivity contribution < 1.29 is 37.0 Å². The second-order valence-corrected chi connectivity index (χ2v) is 9.76. The van der Waals surface area contributed by atoms with E-state index in [4.69, 9.17) is 10.5 Å². The molecule has 1 aromatic carbocycles. The number of nitrogens with one attached hydrogen (secondary N) is 1. The topological polar surface area (TPSA) is 148 Å². The van der Waals surface area contributed by atoms with E-state index in [0.29, 0.717) is 11.9 Å². The summed E-state index contributed by atoms with van der Waals surface area (Å²) >= 11 is 0. The van der Waals surface area contributed by atoms with Crippen molar-refractivity contribution in [1.82, 2.24) is 24.3 Å². The van der Waals surface area contributed by atoms with E-state index in [2.05, 4.69) is 20.3 Å². The number of nitrogens with two attached hydrogens (primary N) is 1. The number of hydrogen-bond acceptors (Lipinski definition) is 8. The Labute approximate surface area is 236 Å². The maximum atomic E-state index is 15.5. The summed E-state index contributed by atoms with van der Waals surface area (Å²) in [4.78, 5) is 39.1. The molecule has 0 spiro atoms. The molecule has 15 heteroatoms. The fraction of sp³-hybridized carbons (Fsp3) is 0.296. The summed E-state index contributed by atoms with van der Waals surface area (Å²) in [5.74, 6) is -2.23. The molecule has 0 saturated carbocycles. The predicted octanol–water partition coefficient (Wildman–Crippen LogP) is 3.45. The van der Waals surface area contributed by atoms with Crippen molar-refractivity contribution in [2.24, 2.45) is 0 Å². The maximum Gasteiger partial charge on any atom is 0.416 e. The molecular weight excluding hydrogens is 562 g/mol. The number of amides is 2. The quantitative estimate of drug-likeness (QED) is 0.301. The fourth-order valence-corrected chi connectivity index (χ4v) is 4.67. The van der Waals surface area contributed by atoms with Gasteiger partial charge in [0.2, 0.25) is 0 Å². The van der Waals surface area contributed by atoms with E-state index >= 15 is 4.39 Å². The Hall–Kier alpha value is -4.63. The second-order valence-electron chi connectivity index (χ2n) is 9.76. The van der Waals surface area contributed by atoms with E-state index in [9.17, 15) is 27.9 Å². The van der Waals surface area contributed by atoms with E-state index in [-0.39, 0.29) is 53.2 Å². The summed E-state index contributed by atoms with van der Waals surface area (Å²) in [6, 6.07) is 4.60. The number of imidazole rings is 1. The molecule has 1 aliphatic rings. The van der Waals surface area contributed by atoms with Crippen LogP contribution in [0, 0.1) is 5.82 Å². The smallest absolute Gasteiger partial charge is 0.384 e. The van der Waals surface area contributed by atoms with Crippen LogP contribution in [0.25, 0.3) is 16.8 Å². The number of benzene rings is 1. The number of rotatable bonds is 5. The number of alkyl halides is 3. The molecule has 2 amide bonds. The van der Waals surface area contributed by atoms with E-state index in [1.165, 1.54) is 30.2 Å². The van der Waals surface area contributed by atoms with Gasteiger partial charge in [0.05, 0.1) is 24.8 Å². The zero-order valence-corrected chi connectivity index (χ0v) is 22.3. The highest BCUT2D eigenvalue weighted by molar-refractivity contribution is 6.04. The number of nitrogen functional groups attached to an aromatic ring is 1. The third-order valence-electron chi connectivity index (χ3n) is 6.79. The van der Waals surface area contributed by atoms with Gasteiger partial charge in [-0.15, -0.1) is 0 Å². The van der Waals surface area contributed by atoms with Gasteiger partial charge in [-0.2, -0.15) is 13.2 Å². The van der Waals surface area contributed by atoms with Gasteiger partial charge >= 0.3 is 6.18 Å². The average molecular weight is 588 g/mol. The number of halogens is 4. The van der Waals surface area contributed by atoms with Gasteiger partial charge in [0, 0.05) is 29.7 Å². The van der Waals surface area contributed by atoms with Gasteiger partial charge in [-0.25, -0.2) is 19.3 Å². The molecule has 42 heavy (non-hydrogen) atoms. The van der Waals surface area contributed by atoms with Gasteiger partial charge in [0.25, 0.3) is 11.8 Å². The van der Waals surface area contributed by atoms with Crippen LogP contribution in [-0.4, -0.2) is 66.5 Å². The molecular formula is C27H25F4N7O4. The van der Waals surface area contributed by atoms with E-state index in [1.807, 2.05) is 0 Å². The van der Waals surface area contributed by atoms with Crippen LogP contribution >= 0.6 is 0 Å². The Kier molecular flexibility index (Phi) is 7.55. The molecule has 220 valence electrons. The van der Waals surface area contributed by atoms with Gasteiger partial charge in [0.15, 0.2) is 0 Å². The molecule has 0 unspecified atom stereocenters. The number of aliphatic hydroxyl groups excluding tert-OH is 1. The Morgan fingerprint density at radius 3 is 2.64 bits per heavy atom. The zero-order chi connectivity index (χ0) is 30.3. The SMILES string of the molecule is C[C@H](O)C(=O)N1C[C@H](c2nc(-c3ccc(C(=O)Nc4cc(C(F)(F)F)ccn4)cc3F)c3c(N)nccn23)OC[C@H]1C. The van der Waals surface area contributed by atoms with Crippen LogP contribution in [0.1, 0.15) is 41.7 Å². The Morgan fingerprint density at radius 2 is 1.95 bits per heavy atom. The molecule has 1 aliphatic heterocycles. The number of aliphatic hydroxyl groups is 1. The number of aromatic nitrogens is 4. The van der Waals surface area contributed by atoms with Gasteiger partial charge in [0.1, 0.15) is 46.7 Å². The largest absolute Gasteiger partial charge is 0.416 e. The van der Waals surface area contributed by atoms with Gasteiger partial charge in [-0.05, 0) is 44.2 Å². The monoisotopic (exact) mass is 587 g/mol. The van der Waals surface area contributed by atoms with Crippen LogP contribution in [0.2, 0.25) is 0 Å². The summed E-state index contributed by atoms with van der Waals surface area (Å²) < 4.78 is 62.0. The highest BCUT2D eigenvalue weighted by Crippen LogP contribution is 2.35. The van der Waals surface area contributed by atoms with Crippen LogP contribution in [-0.2, 0) is 15.7 Å². The number of pyridine rings is 1. The lowest BCUT2D eigenvalue weighted by molar-refractivity contribution is -0.152. The van der Waals surface area contributed by atoms with Crippen molar-refractivity contribution in [3.05, 3.63) is 71.7 Å². The van der Waals surface area contributed by atoms with Crippen LogP contribution < -0.4 is 11.1 Å². The summed E-state index contributed by atoms with van der Waals surface area (Å²) in [6.07, 6.45) is -2.72. The van der Waals surface area contributed by atoms with Crippen LogP contribution in [0.3, 0.4) is 0 Å². The Morgan fingerprint density at radius 1 is 1.19 bits per heavy atom. The Bertz CT molecular complexity index is 1670. The zero-order valence-electron chi connectivity index (χ0n) is 22.3. The molecule has 4 heterocycles. The van der Waals surface area contributed by atoms with E-state index in [1.54, 1.807) is 17.5 Å². The Balaban J connectivity index is 1.47. The van der Waals surface area contributed by atoms with E-state index in [0.717, 1.165) is 18.3 Å². The summed E-state index contributed by atoms with van der Waals surface area (Å²) in [5.41, 5.74) is 5.28. The minimum atomic E-state index is -4.63. The number of hydrogen-bond donors (Lipinski definition) is 3. The molecule has 4 aromatic rings. The first kappa shape index (κ1) is 28.9. The van der Waals surface area contributed by atoms with Crippen molar-refractivity contribution in [3.63, 3.8) is 0 Å². The number of carbonyl (C=O) groups excluding carboxylic acids is 2. The predicted molar refractivity (Wildman–Crippen MR) is 142 cm³/mol. The first-order valence-electron chi connectivity index (χ1n) is 12.7. The normalized spacial score (nSPS) is 18.2.